The zero-order valence-corrected chi connectivity index (χ0v) is 13.8. The van der Waals surface area contributed by atoms with E-state index in [2.05, 4.69) is 26.3 Å². The fourth-order valence-electron chi connectivity index (χ4n) is 10.4. The Labute approximate surface area is 128 Å². The van der Waals surface area contributed by atoms with Gasteiger partial charge in [0.25, 0.3) is 0 Å². The Morgan fingerprint density at radius 2 is 1.81 bits per heavy atom. The van der Waals surface area contributed by atoms with E-state index in [-0.39, 0.29) is 0 Å². The molecule has 1 spiro atoms. The maximum atomic E-state index is 2.74. The Kier molecular flexibility index (Phi) is 1.45. The second-order valence-electron chi connectivity index (χ2n) is 10.8. The van der Waals surface area contributed by atoms with Crippen LogP contribution in [0.15, 0.2) is 11.1 Å². The van der Waals surface area contributed by atoms with Crippen LogP contribution in [0.3, 0.4) is 0 Å². The molecule has 0 amide bonds. The number of rotatable bonds is 0. The first kappa shape index (κ1) is 11.3. The van der Waals surface area contributed by atoms with Gasteiger partial charge in [-0.05, 0) is 103 Å². The van der Waals surface area contributed by atoms with Crippen LogP contribution in [0, 0.1) is 57.7 Å². The van der Waals surface area contributed by atoms with E-state index < -0.39 is 0 Å². The zero-order chi connectivity index (χ0) is 13.9. The quantitative estimate of drug-likeness (QED) is 0.545. The first-order chi connectivity index (χ1) is 10.0. The van der Waals surface area contributed by atoms with Crippen LogP contribution in [0.25, 0.3) is 0 Å². The summed E-state index contributed by atoms with van der Waals surface area (Å²) in [6.45, 7) is 8.07. The summed E-state index contributed by atoms with van der Waals surface area (Å²) in [5.41, 5.74) is 6.24. The van der Waals surface area contributed by atoms with Gasteiger partial charge in [-0.15, -0.1) is 0 Å². The first-order valence-electron chi connectivity index (χ1n) is 9.72. The predicted molar refractivity (Wildman–Crippen MR) is 83.5 cm³/mol. The summed E-state index contributed by atoms with van der Waals surface area (Å²) in [6.07, 6.45) is 9.57. The Bertz CT molecular complexity index is 642. The van der Waals surface area contributed by atoms with Crippen LogP contribution in [0.2, 0.25) is 0 Å². The lowest BCUT2D eigenvalue weighted by molar-refractivity contribution is -0.296. The van der Waals surface area contributed by atoms with Crippen molar-refractivity contribution in [2.75, 3.05) is 0 Å². The van der Waals surface area contributed by atoms with E-state index in [1.165, 1.54) is 0 Å². The molecule has 112 valence electrons. The monoisotopic (exact) mass is 280 g/mol. The average Bonchev–Trinajstić information content (AvgIpc) is 2.93. The Balaban J connectivity index is 1.61. The van der Waals surface area contributed by atoms with Crippen molar-refractivity contribution >= 4 is 0 Å². The van der Waals surface area contributed by atoms with Gasteiger partial charge in [0.05, 0.1) is 0 Å². The minimum atomic E-state index is 0.704. The van der Waals surface area contributed by atoms with Crippen molar-refractivity contribution in [1.29, 1.82) is 0 Å². The molecule has 0 aromatic carbocycles. The molecule has 0 N–H and O–H groups in total. The van der Waals surface area contributed by atoms with E-state index in [1.54, 1.807) is 38.5 Å². The van der Waals surface area contributed by atoms with Crippen LogP contribution < -0.4 is 0 Å². The molecule has 0 nitrogen and oxygen atoms in total. The van der Waals surface area contributed by atoms with E-state index in [4.69, 9.17) is 0 Å². The van der Waals surface area contributed by atoms with Crippen molar-refractivity contribution in [2.24, 2.45) is 57.7 Å². The van der Waals surface area contributed by atoms with Crippen LogP contribution in [0.4, 0.5) is 0 Å². The summed E-state index contributed by atoms with van der Waals surface area (Å²) in [7, 11) is 0. The second kappa shape index (κ2) is 2.69. The molecule has 0 radical (unpaired) electrons. The van der Waals surface area contributed by atoms with Crippen molar-refractivity contribution < 1.29 is 0 Å². The summed E-state index contributed by atoms with van der Waals surface area (Å²) in [5.74, 6) is 7.53. The smallest absolute Gasteiger partial charge is 0.0135 e. The van der Waals surface area contributed by atoms with Gasteiger partial charge < -0.3 is 0 Å². The maximum Gasteiger partial charge on any atom is -0.0135 e. The van der Waals surface area contributed by atoms with Gasteiger partial charge in [0, 0.05) is 0 Å². The minimum absolute atomic E-state index is 0.704. The zero-order valence-electron chi connectivity index (χ0n) is 13.8. The molecule has 0 heterocycles. The molecule has 7 saturated carbocycles. The highest BCUT2D eigenvalue weighted by Gasteiger charge is 2.82. The van der Waals surface area contributed by atoms with Crippen molar-refractivity contribution in [2.45, 2.75) is 59.3 Å². The third-order valence-corrected chi connectivity index (χ3v) is 11.3. The van der Waals surface area contributed by atoms with Gasteiger partial charge in [0.1, 0.15) is 0 Å². The highest BCUT2D eigenvalue weighted by molar-refractivity contribution is 5.44. The maximum absolute atomic E-state index is 2.74. The Morgan fingerprint density at radius 1 is 0.952 bits per heavy atom. The molecular formula is C21H28. The van der Waals surface area contributed by atoms with Crippen LogP contribution in [-0.2, 0) is 0 Å². The lowest BCUT2D eigenvalue weighted by Crippen LogP contribution is -2.72. The lowest BCUT2D eigenvalue weighted by atomic mass is 9.25. The summed E-state index contributed by atoms with van der Waals surface area (Å²) in [4.78, 5) is 0. The van der Waals surface area contributed by atoms with Crippen LogP contribution in [0.5, 0.6) is 0 Å². The van der Waals surface area contributed by atoms with Crippen LogP contribution in [0.1, 0.15) is 59.3 Å². The van der Waals surface area contributed by atoms with E-state index in [0.29, 0.717) is 5.41 Å². The summed E-state index contributed by atoms with van der Waals surface area (Å²) in [6, 6.07) is 0. The average molecular weight is 280 g/mol. The van der Waals surface area contributed by atoms with Gasteiger partial charge in [0.2, 0.25) is 0 Å². The highest BCUT2D eigenvalue weighted by atomic mass is 14.9. The molecule has 8 aliphatic carbocycles. The van der Waals surface area contributed by atoms with Gasteiger partial charge in [-0.1, -0.05) is 25.0 Å². The van der Waals surface area contributed by atoms with E-state index in [9.17, 15) is 0 Å². The van der Waals surface area contributed by atoms with Gasteiger partial charge in [0.15, 0.2) is 0 Å². The molecule has 8 rings (SSSR count). The van der Waals surface area contributed by atoms with Crippen molar-refractivity contribution in [3.05, 3.63) is 11.1 Å². The number of hydrogen-bond acceptors (Lipinski definition) is 0. The lowest BCUT2D eigenvalue weighted by Gasteiger charge is -2.79. The molecule has 0 saturated heterocycles. The van der Waals surface area contributed by atoms with Gasteiger partial charge >= 0.3 is 0 Å². The number of allylic oxidation sites excluding steroid dienone is 2. The van der Waals surface area contributed by atoms with E-state index in [0.717, 1.165) is 52.3 Å². The molecule has 10 unspecified atom stereocenters. The fraction of sp³-hybridized carbons (Fsp3) is 0.905. The van der Waals surface area contributed by atoms with E-state index >= 15 is 0 Å². The fourth-order valence-corrected chi connectivity index (χ4v) is 10.4. The SMILES string of the molecule is CC1=C2C3C4CC2C2(C)CCC56CC1C5(C)C(C6)C3C2C4. The van der Waals surface area contributed by atoms with Gasteiger partial charge in [-0.2, -0.15) is 0 Å². The summed E-state index contributed by atoms with van der Waals surface area (Å²) >= 11 is 0. The first-order valence-corrected chi connectivity index (χ1v) is 9.72. The molecule has 0 aliphatic heterocycles. The number of hydrogen-bond donors (Lipinski definition) is 0. The molecule has 9 bridgehead atoms. The largest absolute Gasteiger partial charge is 0.0698 e. The molecule has 0 heteroatoms. The number of fused-ring (bicyclic) bond motifs is 1. The normalized spacial score (nSPS) is 74.1. The molecule has 0 aromatic heterocycles. The summed E-state index contributed by atoms with van der Waals surface area (Å²) in [5, 5.41) is 0. The highest BCUT2D eigenvalue weighted by Crippen LogP contribution is 2.89. The Morgan fingerprint density at radius 3 is 2.67 bits per heavy atom. The van der Waals surface area contributed by atoms with Crippen LogP contribution in [-0.4, -0.2) is 0 Å². The molecular weight excluding hydrogens is 252 g/mol. The third-order valence-electron chi connectivity index (χ3n) is 11.3. The van der Waals surface area contributed by atoms with Crippen LogP contribution >= 0.6 is 0 Å². The molecule has 0 aromatic rings. The topological polar surface area (TPSA) is 0 Å². The molecule has 10 atom stereocenters. The Hall–Kier alpha value is -0.260. The molecule has 8 aliphatic rings. The molecule has 7 fully saturated rings. The predicted octanol–water partition coefficient (Wildman–Crippen LogP) is 5.05. The van der Waals surface area contributed by atoms with Crippen molar-refractivity contribution in [1.82, 2.24) is 0 Å². The van der Waals surface area contributed by atoms with Gasteiger partial charge in [-0.3, -0.25) is 0 Å². The van der Waals surface area contributed by atoms with Crippen molar-refractivity contribution in [3.8, 4) is 0 Å². The standard InChI is InChI=1S/C21H28/c1-10-14-8-21-5-4-19(2)12-6-11-7-13(19)18(17(11)16(10)12)15(9-21)20(14,21)3/h11-15,17-18H,4-9H2,1-3H3. The van der Waals surface area contributed by atoms with Gasteiger partial charge in [-0.25, -0.2) is 0 Å². The second-order valence-corrected chi connectivity index (χ2v) is 10.8. The van der Waals surface area contributed by atoms with E-state index in [1.807, 2.05) is 5.57 Å². The minimum Gasteiger partial charge on any atom is -0.0698 e. The summed E-state index contributed by atoms with van der Waals surface area (Å²) < 4.78 is 0. The van der Waals surface area contributed by atoms with Crippen molar-refractivity contribution in [3.63, 3.8) is 0 Å². The third kappa shape index (κ3) is 0.771. The molecule has 21 heavy (non-hydrogen) atoms.